The number of benzene rings is 2. The van der Waals surface area contributed by atoms with Crippen molar-refractivity contribution in [2.75, 3.05) is 24.5 Å². The molecule has 4 nitrogen and oxygen atoms in total. The lowest BCUT2D eigenvalue weighted by molar-refractivity contribution is 0.310. The molecule has 3 aliphatic heterocycles. The molecule has 1 fully saturated rings. The van der Waals surface area contributed by atoms with Crippen LogP contribution in [0.4, 0.5) is 5.69 Å². The number of para-hydroxylation sites is 1. The number of hydrogen-bond donors (Lipinski definition) is 1. The van der Waals surface area contributed by atoms with E-state index in [0.717, 1.165) is 31.9 Å². The zero-order chi connectivity index (χ0) is 15.4. The summed E-state index contributed by atoms with van der Waals surface area (Å²) in [5.74, 6) is 1.95. The van der Waals surface area contributed by atoms with E-state index in [-0.39, 0.29) is 12.4 Å². The van der Waals surface area contributed by atoms with Crippen LogP contribution < -0.4 is 4.90 Å². The fourth-order valence-electron chi connectivity index (χ4n) is 4.36. The number of nitrogens with zero attached hydrogens (tertiary/aromatic N) is 3. The highest BCUT2D eigenvalue weighted by Crippen LogP contribution is 2.44. The Morgan fingerprint density at radius 2 is 1.75 bits per heavy atom. The number of rotatable bonds is 1. The monoisotopic (exact) mass is 341 g/mol. The number of aliphatic imine (C=N–C) groups is 1. The fourth-order valence-corrected chi connectivity index (χ4v) is 4.36. The van der Waals surface area contributed by atoms with Gasteiger partial charge in [0.2, 0.25) is 0 Å². The van der Waals surface area contributed by atoms with Crippen LogP contribution in [0, 0.1) is 0 Å². The molecule has 1 N–H and O–H groups in total. The Balaban J connectivity index is 0.00000146. The van der Waals surface area contributed by atoms with Crippen LogP contribution in [0.1, 0.15) is 23.5 Å². The van der Waals surface area contributed by atoms with Gasteiger partial charge in [-0.1, -0.05) is 24.3 Å². The first-order valence-corrected chi connectivity index (χ1v) is 8.29. The summed E-state index contributed by atoms with van der Waals surface area (Å²) in [4.78, 5) is 9.80. The molecule has 5 heteroatoms. The molecule has 2 atom stereocenters. The SMILES string of the molecule is Cl.Oc1ccc(C2CCN3c4ccccc4C4=NCCN4C23)cc1. The summed E-state index contributed by atoms with van der Waals surface area (Å²) in [6, 6.07) is 16.4. The molecule has 3 heterocycles. The molecular formula is C19H20ClN3O. The van der Waals surface area contributed by atoms with E-state index in [1.54, 1.807) is 12.1 Å². The van der Waals surface area contributed by atoms with Crippen molar-refractivity contribution < 1.29 is 5.11 Å². The molecule has 0 aromatic heterocycles. The summed E-state index contributed by atoms with van der Waals surface area (Å²) < 4.78 is 0. The van der Waals surface area contributed by atoms with Crippen molar-refractivity contribution in [3.63, 3.8) is 0 Å². The zero-order valence-corrected chi connectivity index (χ0v) is 14.1. The number of phenols is 1. The van der Waals surface area contributed by atoms with Crippen LogP contribution in [-0.4, -0.2) is 41.6 Å². The molecule has 2 unspecified atom stereocenters. The van der Waals surface area contributed by atoms with Gasteiger partial charge in [0.25, 0.3) is 0 Å². The number of fused-ring (bicyclic) bond motifs is 6. The van der Waals surface area contributed by atoms with E-state index in [0.29, 0.717) is 17.8 Å². The third-order valence-corrected chi connectivity index (χ3v) is 5.33. The highest BCUT2D eigenvalue weighted by atomic mass is 35.5. The van der Waals surface area contributed by atoms with E-state index in [4.69, 9.17) is 4.99 Å². The van der Waals surface area contributed by atoms with Crippen LogP contribution in [0.25, 0.3) is 0 Å². The number of phenolic OH excluding ortho intramolecular Hbond substituents is 1. The summed E-state index contributed by atoms with van der Waals surface area (Å²) in [5.41, 5.74) is 3.89. The van der Waals surface area contributed by atoms with Gasteiger partial charge in [-0.3, -0.25) is 4.99 Å². The van der Waals surface area contributed by atoms with Gasteiger partial charge in [0.05, 0.1) is 6.54 Å². The molecule has 24 heavy (non-hydrogen) atoms. The average Bonchev–Trinajstić information content (AvgIpc) is 3.22. The molecule has 0 radical (unpaired) electrons. The van der Waals surface area contributed by atoms with Crippen molar-refractivity contribution in [2.24, 2.45) is 4.99 Å². The second kappa shape index (κ2) is 5.71. The standard InChI is InChI=1S/C19H19N3O.ClH/c23-14-7-5-13(6-8-14)15-9-11-21-17-4-2-1-3-16(17)18-20-10-12-22(18)19(15)21;/h1-8,15,19,23H,9-12H2;1H. The summed E-state index contributed by atoms with van der Waals surface area (Å²) in [6.45, 7) is 2.95. The summed E-state index contributed by atoms with van der Waals surface area (Å²) in [7, 11) is 0. The maximum atomic E-state index is 9.57. The van der Waals surface area contributed by atoms with Gasteiger partial charge in [-0.2, -0.15) is 0 Å². The van der Waals surface area contributed by atoms with Crippen LogP contribution in [0.2, 0.25) is 0 Å². The van der Waals surface area contributed by atoms with E-state index >= 15 is 0 Å². The maximum Gasteiger partial charge on any atom is 0.134 e. The second-order valence-electron chi connectivity index (χ2n) is 6.51. The first-order valence-electron chi connectivity index (χ1n) is 8.29. The van der Waals surface area contributed by atoms with E-state index < -0.39 is 0 Å². The van der Waals surface area contributed by atoms with E-state index in [1.165, 1.54) is 16.8 Å². The van der Waals surface area contributed by atoms with Crippen LogP contribution in [0.3, 0.4) is 0 Å². The van der Waals surface area contributed by atoms with Crippen molar-refractivity contribution in [1.29, 1.82) is 0 Å². The quantitative estimate of drug-likeness (QED) is 0.865. The molecule has 124 valence electrons. The molecule has 2 aromatic carbocycles. The second-order valence-corrected chi connectivity index (χ2v) is 6.51. The van der Waals surface area contributed by atoms with Crippen LogP contribution in [0.15, 0.2) is 53.5 Å². The van der Waals surface area contributed by atoms with Gasteiger partial charge in [0.15, 0.2) is 0 Å². The summed E-state index contributed by atoms with van der Waals surface area (Å²) in [6.07, 6.45) is 1.48. The van der Waals surface area contributed by atoms with E-state index in [2.05, 4.69) is 46.2 Å². The maximum absolute atomic E-state index is 9.57. The average molecular weight is 342 g/mol. The van der Waals surface area contributed by atoms with Gasteiger partial charge in [0, 0.05) is 30.3 Å². The molecule has 0 aliphatic carbocycles. The third kappa shape index (κ3) is 2.09. The molecular weight excluding hydrogens is 322 g/mol. The van der Waals surface area contributed by atoms with Crippen LogP contribution >= 0.6 is 12.4 Å². The number of halogens is 1. The van der Waals surface area contributed by atoms with Crippen molar-refractivity contribution in [2.45, 2.75) is 18.5 Å². The Morgan fingerprint density at radius 1 is 0.958 bits per heavy atom. The molecule has 0 spiro atoms. The summed E-state index contributed by atoms with van der Waals surface area (Å²) in [5, 5.41) is 9.57. The Bertz CT molecular complexity index is 789. The smallest absolute Gasteiger partial charge is 0.134 e. The van der Waals surface area contributed by atoms with Gasteiger partial charge in [-0.15, -0.1) is 12.4 Å². The lowest BCUT2D eigenvalue weighted by Gasteiger charge is -2.43. The van der Waals surface area contributed by atoms with Gasteiger partial charge in [-0.05, 0) is 36.2 Å². The molecule has 0 bridgehead atoms. The highest BCUT2D eigenvalue weighted by Gasteiger charge is 2.45. The van der Waals surface area contributed by atoms with Crippen molar-refractivity contribution >= 4 is 23.9 Å². The van der Waals surface area contributed by atoms with Gasteiger partial charge >= 0.3 is 0 Å². The van der Waals surface area contributed by atoms with E-state index in [9.17, 15) is 5.11 Å². The largest absolute Gasteiger partial charge is 0.508 e. The number of amidine groups is 1. The first-order chi connectivity index (χ1) is 11.3. The Hall–Kier alpha value is -2.20. The predicted molar refractivity (Wildman–Crippen MR) is 98.4 cm³/mol. The lowest BCUT2D eigenvalue weighted by atomic mass is 9.93. The highest BCUT2D eigenvalue weighted by molar-refractivity contribution is 6.06. The third-order valence-electron chi connectivity index (χ3n) is 5.33. The van der Waals surface area contributed by atoms with Gasteiger partial charge in [0.1, 0.15) is 17.8 Å². The van der Waals surface area contributed by atoms with Gasteiger partial charge in [-0.25, -0.2) is 0 Å². The minimum Gasteiger partial charge on any atom is -0.508 e. The minimum atomic E-state index is 0. The molecule has 0 saturated carbocycles. The topological polar surface area (TPSA) is 39.1 Å². The number of anilines is 1. The fraction of sp³-hybridized carbons (Fsp3) is 0.316. The molecule has 3 aliphatic rings. The molecule has 2 aromatic rings. The number of hydrogen-bond acceptors (Lipinski definition) is 4. The molecule has 1 saturated heterocycles. The molecule has 0 amide bonds. The van der Waals surface area contributed by atoms with Crippen molar-refractivity contribution in [3.8, 4) is 5.75 Å². The normalized spacial score (nSPS) is 23.9. The minimum absolute atomic E-state index is 0. The Labute approximate surface area is 147 Å². The van der Waals surface area contributed by atoms with Crippen molar-refractivity contribution in [1.82, 2.24) is 4.90 Å². The Morgan fingerprint density at radius 3 is 2.58 bits per heavy atom. The summed E-state index contributed by atoms with van der Waals surface area (Å²) >= 11 is 0. The number of aromatic hydroxyl groups is 1. The zero-order valence-electron chi connectivity index (χ0n) is 13.3. The first kappa shape index (κ1) is 15.3. The van der Waals surface area contributed by atoms with Crippen LogP contribution in [-0.2, 0) is 0 Å². The Kier molecular flexibility index (Phi) is 3.65. The van der Waals surface area contributed by atoms with Crippen LogP contribution in [0.5, 0.6) is 5.75 Å². The van der Waals surface area contributed by atoms with E-state index in [1.807, 2.05) is 0 Å². The van der Waals surface area contributed by atoms with Crippen molar-refractivity contribution in [3.05, 3.63) is 59.7 Å². The van der Waals surface area contributed by atoms with Gasteiger partial charge < -0.3 is 14.9 Å². The molecule has 5 rings (SSSR count). The lowest BCUT2D eigenvalue weighted by Crippen LogP contribution is -2.53. The predicted octanol–water partition coefficient (Wildman–Crippen LogP) is 3.21.